The summed E-state index contributed by atoms with van der Waals surface area (Å²) in [6.07, 6.45) is 0.549. The summed E-state index contributed by atoms with van der Waals surface area (Å²) in [5, 5.41) is 20.3. The maximum absolute atomic E-state index is 10.3. The highest BCUT2D eigenvalue weighted by Crippen LogP contribution is 2.04. The summed E-state index contributed by atoms with van der Waals surface area (Å²) in [6.45, 7) is 1.40. The lowest BCUT2D eigenvalue weighted by atomic mass is 10.1. The minimum atomic E-state index is -1.40. The fourth-order valence-corrected chi connectivity index (χ4v) is 0.756. The van der Waals surface area contributed by atoms with Gasteiger partial charge in [0.15, 0.2) is 12.1 Å². The zero-order valence-corrected chi connectivity index (χ0v) is 6.93. The largest absolute Gasteiger partial charge is 0.382 e. The summed E-state index contributed by atoms with van der Waals surface area (Å²) >= 11 is 0. The van der Waals surface area contributed by atoms with Crippen LogP contribution in [0, 0.1) is 0 Å². The van der Waals surface area contributed by atoms with Crippen molar-refractivity contribution in [3.63, 3.8) is 0 Å². The number of aliphatic hydroxyl groups is 1. The average Bonchev–Trinajstić information content (AvgIpc) is 2.35. The lowest BCUT2D eigenvalue weighted by Crippen LogP contribution is -2.29. The molecule has 0 saturated heterocycles. The fraction of sp³-hybridized carbons (Fsp3) is 0.667. The van der Waals surface area contributed by atoms with Crippen molar-refractivity contribution in [2.75, 3.05) is 0 Å². The molecule has 12 heavy (non-hydrogen) atoms. The molecule has 6 nitrogen and oxygen atoms in total. The number of rotatable bonds is 3. The van der Waals surface area contributed by atoms with Crippen LogP contribution in [0.3, 0.4) is 0 Å². The number of aldehydes is 1. The number of aromatic nitrogens is 4. The van der Waals surface area contributed by atoms with Crippen molar-refractivity contribution in [1.82, 2.24) is 20.2 Å². The average molecular weight is 170 g/mol. The van der Waals surface area contributed by atoms with E-state index in [1.54, 1.807) is 7.05 Å². The summed E-state index contributed by atoms with van der Waals surface area (Å²) in [4.78, 5) is 11.6. The number of nitrogens with zero attached hydrogens (tertiary/aromatic N) is 4. The summed E-state index contributed by atoms with van der Waals surface area (Å²) in [5.74, 6) is 0.356. The minimum Gasteiger partial charge on any atom is -0.382 e. The molecule has 0 aliphatic carbocycles. The molecular formula is C6H10N4O2. The molecule has 0 aliphatic rings. The van der Waals surface area contributed by atoms with Crippen molar-refractivity contribution >= 4 is 6.29 Å². The van der Waals surface area contributed by atoms with Gasteiger partial charge in [0, 0.05) is 6.42 Å². The molecule has 0 amide bonds. The quantitative estimate of drug-likeness (QED) is 0.570. The van der Waals surface area contributed by atoms with Crippen LogP contribution in [-0.4, -0.2) is 37.2 Å². The van der Waals surface area contributed by atoms with E-state index in [1.807, 2.05) is 0 Å². The Bertz CT molecular complexity index is 281. The minimum absolute atomic E-state index is 0.0876. The summed E-state index contributed by atoms with van der Waals surface area (Å²) in [7, 11) is 1.62. The molecule has 0 spiro atoms. The Morgan fingerprint density at radius 3 is 2.83 bits per heavy atom. The number of hydrogen-bond donors (Lipinski definition) is 1. The molecule has 1 N–H and O–H groups in total. The van der Waals surface area contributed by atoms with E-state index in [1.165, 1.54) is 11.7 Å². The third-order valence-corrected chi connectivity index (χ3v) is 1.32. The van der Waals surface area contributed by atoms with Crippen LogP contribution in [0.1, 0.15) is 12.7 Å². The van der Waals surface area contributed by atoms with Crippen LogP contribution in [0.25, 0.3) is 0 Å². The number of carbonyl (C=O) groups is 1. The SMILES string of the molecule is Cn1nnc(CC(C)(O)C=O)n1. The molecule has 0 radical (unpaired) electrons. The Morgan fingerprint density at radius 2 is 2.42 bits per heavy atom. The van der Waals surface area contributed by atoms with Crippen LogP contribution in [0.4, 0.5) is 0 Å². The van der Waals surface area contributed by atoms with Gasteiger partial charge in [0.1, 0.15) is 5.60 Å². The first-order valence-corrected chi connectivity index (χ1v) is 3.45. The molecule has 0 aliphatic heterocycles. The maximum atomic E-state index is 10.3. The van der Waals surface area contributed by atoms with Crippen molar-refractivity contribution in [2.45, 2.75) is 18.9 Å². The Hall–Kier alpha value is -1.30. The molecule has 0 aromatic carbocycles. The molecule has 0 saturated carbocycles. The van der Waals surface area contributed by atoms with E-state index >= 15 is 0 Å². The van der Waals surface area contributed by atoms with Gasteiger partial charge in [-0.25, -0.2) is 0 Å². The summed E-state index contributed by atoms with van der Waals surface area (Å²) in [6, 6.07) is 0. The van der Waals surface area contributed by atoms with E-state index in [9.17, 15) is 9.90 Å². The second kappa shape index (κ2) is 2.98. The first kappa shape index (κ1) is 8.79. The van der Waals surface area contributed by atoms with Gasteiger partial charge in [0.05, 0.1) is 7.05 Å². The Balaban J connectivity index is 2.69. The van der Waals surface area contributed by atoms with Crippen LogP contribution in [0.15, 0.2) is 0 Å². The van der Waals surface area contributed by atoms with Gasteiger partial charge in [-0.1, -0.05) is 0 Å². The lowest BCUT2D eigenvalue weighted by molar-refractivity contribution is -0.122. The molecule has 1 atom stereocenters. The van der Waals surface area contributed by atoms with Crippen molar-refractivity contribution in [1.29, 1.82) is 0 Å². The lowest BCUT2D eigenvalue weighted by Gasteiger charge is -2.11. The molecule has 1 unspecified atom stereocenters. The van der Waals surface area contributed by atoms with Gasteiger partial charge in [0.25, 0.3) is 0 Å². The van der Waals surface area contributed by atoms with E-state index in [2.05, 4.69) is 15.4 Å². The van der Waals surface area contributed by atoms with Gasteiger partial charge in [-0.2, -0.15) is 4.80 Å². The molecule has 1 heterocycles. The van der Waals surface area contributed by atoms with Gasteiger partial charge in [-0.3, -0.25) is 0 Å². The van der Waals surface area contributed by atoms with Crippen molar-refractivity contribution in [2.24, 2.45) is 7.05 Å². The second-order valence-electron chi connectivity index (χ2n) is 2.85. The topological polar surface area (TPSA) is 80.9 Å². The van der Waals surface area contributed by atoms with Crippen LogP contribution < -0.4 is 0 Å². The van der Waals surface area contributed by atoms with Gasteiger partial charge in [-0.05, 0) is 12.1 Å². The first-order valence-electron chi connectivity index (χ1n) is 3.45. The zero-order valence-electron chi connectivity index (χ0n) is 6.93. The first-order chi connectivity index (χ1) is 5.53. The molecule has 0 bridgehead atoms. The van der Waals surface area contributed by atoms with Gasteiger partial charge in [0.2, 0.25) is 0 Å². The third-order valence-electron chi connectivity index (χ3n) is 1.32. The highest BCUT2D eigenvalue weighted by molar-refractivity contribution is 5.61. The molecule has 6 heteroatoms. The Labute approximate surface area is 69.2 Å². The molecule has 1 aromatic rings. The number of tetrazole rings is 1. The van der Waals surface area contributed by atoms with Crippen molar-refractivity contribution in [3.8, 4) is 0 Å². The molecule has 0 fully saturated rings. The number of hydrogen-bond acceptors (Lipinski definition) is 5. The van der Waals surface area contributed by atoms with E-state index < -0.39 is 5.60 Å². The highest BCUT2D eigenvalue weighted by atomic mass is 16.3. The van der Waals surface area contributed by atoms with Crippen LogP contribution in [-0.2, 0) is 18.3 Å². The second-order valence-corrected chi connectivity index (χ2v) is 2.85. The molecular weight excluding hydrogens is 160 g/mol. The zero-order chi connectivity index (χ0) is 9.19. The van der Waals surface area contributed by atoms with E-state index in [0.717, 1.165) is 0 Å². The van der Waals surface area contributed by atoms with Crippen LogP contribution >= 0.6 is 0 Å². The Morgan fingerprint density at radius 1 is 1.75 bits per heavy atom. The summed E-state index contributed by atoms with van der Waals surface area (Å²) in [5.41, 5.74) is -1.40. The molecule has 1 aromatic heterocycles. The van der Waals surface area contributed by atoms with E-state index in [0.29, 0.717) is 12.1 Å². The summed E-state index contributed by atoms with van der Waals surface area (Å²) < 4.78 is 0. The number of aryl methyl sites for hydroxylation is 1. The van der Waals surface area contributed by atoms with Crippen molar-refractivity contribution < 1.29 is 9.90 Å². The van der Waals surface area contributed by atoms with Gasteiger partial charge >= 0.3 is 0 Å². The standard InChI is InChI=1S/C6H10N4O2/c1-6(12,4-11)3-5-7-9-10(2)8-5/h4,12H,3H2,1-2H3. The normalized spacial score (nSPS) is 15.6. The van der Waals surface area contributed by atoms with E-state index in [4.69, 9.17) is 0 Å². The predicted octanol–water partition coefficient (Wildman–Crippen LogP) is -1.30. The molecule has 66 valence electrons. The predicted molar refractivity (Wildman–Crippen MR) is 39.2 cm³/mol. The van der Waals surface area contributed by atoms with Gasteiger partial charge < -0.3 is 9.90 Å². The Kier molecular flexibility index (Phi) is 2.18. The fourth-order valence-electron chi connectivity index (χ4n) is 0.756. The number of carbonyl (C=O) groups excluding carboxylic acids is 1. The van der Waals surface area contributed by atoms with E-state index in [-0.39, 0.29) is 6.42 Å². The monoisotopic (exact) mass is 170 g/mol. The smallest absolute Gasteiger partial charge is 0.178 e. The van der Waals surface area contributed by atoms with Crippen LogP contribution in [0.2, 0.25) is 0 Å². The molecule has 1 rings (SSSR count). The van der Waals surface area contributed by atoms with Crippen molar-refractivity contribution in [3.05, 3.63) is 5.82 Å². The van der Waals surface area contributed by atoms with Crippen LogP contribution in [0.5, 0.6) is 0 Å². The highest BCUT2D eigenvalue weighted by Gasteiger charge is 2.22. The third kappa shape index (κ3) is 2.09. The maximum Gasteiger partial charge on any atom is 0.178 e. The van der Waals surface area contributed by atoms with Gasteiger partial charge in [-0.15, -0.1) is 10.2 Å².